The Morgan fingerprint density at radius 3 is 2.70 bits per heavy atom. The molecule has 0 unspecified atom stereocenters. The Bertz CT molecular complexity index is 1140. The van der Waals surface area contributed by atoms with Crippen molar-refractivity contribution in [2.24, 2.45) is 0 Å². The molecule has 1 N–H and O–H groups in total. The first-order valence-corrected chi connectivity index (χ1v) is 10.2. The SMILES string of the molecule is Cc1ccc(NS(=O)(=O)c2cccc3cccnc23)cc1N1CCCC1=O. The molecule has 1 aliphatic heterocycles. The van der Waals surface area contributed by atoms with Crippen LogP contribution in [0.3, 0.4) is 0 Å². The molecule has 0 radical (unpaired) electrons. The van der Waals surface area contributed by atoms with Gasteiger partial charge in [0.2, 0.25) is 5.91 Å². The summed E-state index contributed by atoms with van der Waals surface area (Å²) in [6.07, 6.45) is 2.91. The van der Waals surface area contributed by atoms with Gasteiger partial charge in [-0.05, 0) is 43.2 Å². The largest absolute Gasteiger partial charge is 0.312 e. The highest BCUT2D eigenvalue weighted by Crippen LogP contribution is 2.30. The van der Waals surface area contributed by atoms with Crippen LogP contribution in [0, 0.1) is 6.92 Å². The van der Waals surface area contributed by atoms with Crippen LogP contribution in [0.25, 0.3) is 10.9 Å². The van der Waals surface area contributed by atoms with E-state index < -0.39 is 10.0 Å². The molecule has 1 aromatic heterocycles. The molecular weight excluding hydrogens is 362 g/mol. The number of anilines is 2. The number of hydrogen-bond donors (Lipinski definition) is 1. The number of aryl methyl sites for hydroxylation is 1. The third-order valence-electron chi connectivity index (χ3n) is 4.71. The van der Waals surface area contributed by atoms with E-state index in [2.05, 4.69) is 9.71 Å². The number of rotatable bonds is 4. The second kappa shape index (κ2) is 6.66. The fourth-order valence-electron chi connectivity index (χ4n) is 3.37. The fourth-order valence-corrected chi connectivity index (χ4v) is 4.60. The fraction of sp³-hybridized carbons (Fsp3) is 0.200. The van der Waals surface area contributed by atoms with Crippen molar-refractivity contribution in [3.8, 4) is 0 Å². The number of nitrogens with one attached hydrogen (secondary N) is 1. The smallest absolute Gasteiger partial charge is 0.264 e. The van der Waals surface area contributed by atoms with Crippen molar-refractivity contribution < 1.29 is 13.2 Å². The van der Waals surface area contributed by atoms with E-state index in [9.17, 15) is 13.2 Å². The van der Waals surface area contributed by atoms with Crippen molar-refractivity contribution in [2.75, 3.05) is 16.2 Å². The highest BCUT2D eigenvalue weighted by molar-refractivity contribution is 7.93. The van der Waals surface area contributed by atoms with E-state index in [0.717, 1.165) is 23.1 Å². The number of amides is 1. The number of pyridine rings is 1. The lowest BCUT2D eigenvalue weighted by atomic mass is 10.1. The molecule has 0 bridgehead atoms. The quantitative estimate of drug-likeness (QED) is 0.750. The predicted molar refractivity (Wildman–Crippen MR) is 105 cm³/mol. The third-order valence-corrected chi connectivity index (χ3v) is 6.12. The molecule has 2 aromatic carbocycles. The van der Waals surface area contributed by atoms with Crippen molar-refractivity contribution in [1.29, 1.82) is 0 Å². The summed E-state index contributed by atoms with van der Waals surface area (Å²) in [7, 11) is -3.82. The van der Waals surface area contributed by atoms with Gasteiger partial charge in [0.15, 0.2) is 0 Å². The predicted octanol–water partition coefficient (Wildman–Crippen LogP) is 3.47. The van der Waals surface area contributed by atoms with E-state index in [1.165, 1.54) is 6.07 Å². The number of para-hydroxylation sites is 1. The Balaban J connectivity index is 1.72. The number of hydrogen-bond acceptors (Lipinski definition) is 4. The molecule has 1 aliphatic rings. The topological polar surface area (TPSA) is 79.4 Å². The second-order valence-electron chi connectivity index (χ2n) is 6.59. The van der Waals surface area contributed by atoms with Crippen molar-refractivity contribution in [1.82, 2.24) is 4.98 Å². The van der Waals surface area contributed by atoms with Gasteiger partial charge < -0.3 is 4.90 Å². The Hall–Kier alpha value is -2.93. The highest BCUT2D eigenvalue weighted by atomic mass is 32.2. The van der Waals surface area contributed by atoms with Crippen LogP contribution in [0.15, 0.2) is 59.6 Å². The third kappa shape index (κ3) is 3.26. The Morgan fingerprint density at radius 2 is 1.93 bits per heavy atom. The first kappa shape index (κ1) is 17.5. The lowest BCUT2D eigenvalue weighted by Crippen LogP contribution is -2.24. The molecule has 2 heterocycles. The number of benzene rings is 2. The van der Waals surface area contributed by atoms with E-state index >= 15 is 0 Å². The van der Waals surface area contributed by atoms with Gasteiger partial charge in [-0.3, -0.25) is 14.5 Å². The number of fused-ring (bicyclic) bond motifs is 1. The first-order chi connectivity index (χ1) is 13.0. The summed E-state index contributed by atoms with van der Waals surface area (Å²) in [4.78, 5) is 18.1. The lowest BCUT2D eigenvalue weighted by molar-refractivity contribution is -0.117. The molecule has 1 fully saturated rings. The van der Waals surface area contributed by atoms with Crippen LogP contribution in [0.2, 0.25) is 0 Å². The zero-order valence-corrected chi connectivity index (χ0v) is 15.7. The molecule has 0 spiro atoms. The molecule has 138 valence electrons. The molecular formula is C20H19N3O3S. The number of sulfonamides is 1. The number of carbonyl (C=O) groups excluding carboxylic acids is 1. The summed E-state index contributed by atoms with van der Waals surface area (Å²) in [5.74, 6) is 0.0661. The van der Waals surface area contributed by atoms with Gasteiger partial charge >= 0.3 is 0 Å². The van der Waals surface area contributed by atoms with Crippen LogP contribution >= 0.6 is 0 Å². The van der Waals surface area contributed by atoms with Gasteiger partial charge in [-0.15, -0.1) is 0 Å². The molecule has 1 saturated heterocycles. The first-order valence-electron chi connectivity index (χ1n) is 8.73. The van der Waals surface area contributed by atoms with E-state index in [4.69, 9.17) is 0 Å². The normalized spacial score (nSPS) is 14.7. The molecule has 1 amide bonds. The van der Waals surface area contributed by atoms with Crippen molar-refractivity contribution in [3.05, 3.63) is 60.3 Å². The summed E-state index contributed by atoms with van der Waals surface area (Å²) in [6.45, 7) is 2.57. The second-order valence-corrected chi connectivity index (χ2v) is 8.24. The Labute approximate surface area is 157 Å². The summed E-state index contributed by atoms with van der Waals surface area (Å²) < 4.78 is 28.6. The molecule has 6 nitrogen and oxygen atoms in total. The van der Waals surface area contributed by atoms with Gasteiger partial charge in [0.1, 0.15) is 4.90 Å². The molecule has 0 aliphatic carbocycles. The van der Waals surface area contributed by atoms with E-state index in [0.29, 0.717) is 24.2 Å². The van der Waals surface area contributed by atoms with Crippen LogP contribution in [-0.4, -0.2) is 25.9 Å². The van der Waals surface area contributed by atoms with Crippen LogP contribution in [-0.2, 0) is 14.8 Å². The minimum absolute atomic E-state index is 0.0661. The average molecular weight is 381 g/mol. The summed E-state index contributed by atoms with van der Waals surface area (Å²) >= 11 is 0. The summed E-state index contributed by atoms with van der Waals surface area (Å²) in [5, 5.41) is 0.757. The van der Waals surface area contributed by atoms with E-state index in [1.54, 1.807) is 35.4 Å². The minimum atomic E-state index is -3.82. The Morgan fingerprint density at radius 1 is 1.11 bits per heavy atom. The maximum absolute atomic E-state index is 13.0. The minimum Gasteiger partial charge on any atom is -0.312 e. The van der Waals surface area contributed by atoms with Crippen LogP contribution in [0.4, 0.5) is 11.4 Å². The van der Waals surface area contributed by atoms with Crippen LogP contribution in [0.5, 0.6) is 0 Å². The van der Waals surface area contributed by atoms with Gasteiger partial charge in [0, 0.05) is 30.2 Å². The zero-order valence-electron chi connectivity index (χ0n) is 14.8. The van der Waals surface area contributed by atoms with Gasteiger partial charge in [-0.1, -0.05) is 24.3 Å². The lowest BCUT2D eigenvalue weighted by Gasteiger charge is -2.20. The number of carbonyl (C=O) groups is 1. The van der Waals surface area contributed by atoms with Gasteiger partial charge in [0.05, 0.1) is 11.2 Å². The van der Waals surface area contributed by atoms with Crippen molar-refractivity contribution in [3.63, 3.8) is 0 Å². The highest BCUT2D eigenvalue weighted by Gasteiger charge is 2.24. The van der Waals surface area contributed by atoms with Crippen LogP contribution in [0.1, 0.15) is 18.4 Å². The monoisotopic (exact) mass is 381 g/mol. The van der Waals surface area contributed by atoms with E-state index in [1.807, 2.05) is 25.1 Å². The van der Waals surface area contributed by atoms with E-state index in [-0.39, 0.29) is 10.8 Å². The molecule has 0 saturated carbocycles. The van der Waals surface area contributed by atoms with Crippen molar-refractivity contribution >= 4 is 38.2 Å². The average Bonchev–Trinajstić information content (AvgIpc) is 3.08. The number of aromatic nitrogens is 1. The standard InChI is InChI=1S/C20H19N3O3S/c1-14-9-10-16(13-17(14)23-12-4-8-19(23)24)22-27(25,26)18-7-2-5-15-6-3-11-21-20(15)18/h2-3,5-7,9-11,13,22H,4,8,12H2,1H3. The van der Waals surface area contributed by atoms with Crippen LogP contribution < -0.4 is 9.62 Å². The number of nitrogens with zero attached hydrogens (tertiary/aromatic N) is 2. The van der Waals surface area contributed by atoms with Gasteiger partial charge in [-0.25, -0.2) is 8.42 Å². The maximum Gasteiger partial charge on any atom is 0.264 e. The molecule has 3 aromatic rings. The van der Waals surface area contributed by atoms with Gasteiger partial charge in [-0.2, -0.15) is 0 Å². The van der Waals surface area contributed by atoms with Gasteiger partial charge in [0.25, 0.3) is 10.0 Å². The molecule has 0 atom stereocenters. The molecule has 4 rings (SSSR count). The summed E-state index contributed by atoms with van der Waals surface area (Å²) in [6, 6.07) is 13.9. The molecule has 7 heteroatoms. The maximum atomic E-state index is 13.0. The zero-order chi connectivity index (χ0) is 19.0. The molecule has 27 heavy (non-hydrogen) atoms. The summed E-state index contributed by atoms with van der Waals surface area (Å²) in [5.41, 5.74) is 2.52. The van der Waals surface area contributed by atoms with Crippen molar-refractivity contribution in [2.45, 2.75) is 24.7 Å². The Kier molecular flexibility index (Phi) is 4.31.